The van der Waals surface area contributed by atoms with Gasteiger partial charge in [-0.1, -0.05) is 31.2 Å². The molecule has 0 heterocycles. The minimum absolute atomic E-state index is 0.161. The van der Waals surface area contributed by atoms with Crippen molar-refractivity contribution < 1.29 is 14.3 Å². The van der Waals surface area contributed by atoms with Gasteiger partial charge in [0.05, 0.1) is 12.7 Å². The fourth-order valence-corrected chi connectivity index (χ4v) is 2.07. The summed E-state index contributed by atoms with van der Waals surface area (Å²) in [6.45, 7) is 2.76. The number of ether oxygens (including phenoxy) is 1. The van der Waals surface area contributed by atoms with Gasteiger partial charge in [-0.3, -0.25) is 10.2 Å². The summed E-state index contributed by atoms with van der Waals surface area (Å²) in [4.78, 5) is 23.3. The molecule has 0 aliphatic carbocycles. The summed E-state index contributed by atoms with van der Waals surface area (Å²) in [5.41, 5.74) is 8.54. The van der Waals surface area contributed by atoms with Crippen LogP contribution in [0.5, 0.6) is 0 Å². The molecule has 0 saturated carbocycles. The van der Waals surface area contributed by atoms with Gasteiger partial charge in [-0.25, -0.2) is 10.2 Å². The Labute approximate surface area is 135 Å². The third-order valence-corrected chi connectivity index (χ3v) is 3.36. The summed E-state index contributed by atoms with van der Waals surface area (Å²) in [5.74, 6) is -0.519. The maximum absolute atomic E-state index is 11.9. The number of rotatable bonds is 6. The molecule has 120 valence electrons. The number of hydrogen-bond acceptors (Lipinski definition) is 4. The van der Waals surface area contributed by atoms with E-state index in [2.05, 4.69) is 15.6 Å². The number of carbonyl (C=O) groups excluding carboxylic acids is 2. The van der Waals surface area contributed by atoms with Crippen molar-refractivity contribution in [2.45, 2.75) is 13.3 Å². The Kier molecular flexibility index (Phi) is 5.88. The minimum Gasteiger partial charge on any atom is -0.465 e. The molecule has 2 aromatic rings. The van der Waals surface area contributed by atoms with E-state index in [1.54, 1.807) is 24.3 Å². The second kappa shape index (κ2) is 8.10. The lowest BCUT2D eigenvalue weighted by atomic mass is 10.0. The van der Waals surface area contributed by atoms with Crippen LogP contribution in [0.25, 0.3) is 11.1 Å². The Morgan fingerprint density at radius 1 is 0.913 bits per heavy atom. The number of hydrazine groups is 1. The first-order valence-electron chi connectivity index (χ1n) is 7.47. The second-order valence-electron chi connectivity index (χ2n) is 5.03. The average Bonchev–Trinajstić information content (AvgIpc) is 2.61. The van der Waals surface area contributed by atoms with Crippen molar-refractivity contribution in [2.75, 3.05) is 13.7 Å². The lowest BCUT2D eigenvalue weighted by Crippen LogP contribution is -2.37. The summed E-state index contributed by atoms with van der Waals surface area (Å²) >= 11 is 0. The van der Waals surface area contributed by atoms with Crippen LogP contribution in [0.15, 0.2) is 48.5 Å². The van der Waals surface area contributed by atoms with E-state index < -0.39 is 0 Å². The third-order valence-electron chi connectivity index (χ3n) is 3.36. The second-order valence-corrected chi connectivity index (χ2v) is 5.03. The number of methoxy groups -OCH3 is 1. The highest BCUT2D eigenvalue weighted by Gasteiger charge is 2.07. The van der Waals surface area contributed by atoms with Crippen LogP contribution in [0, 0.1) is 0 Å². The van der Waals surface area contributed by atoms with E-state index in [9.17, 15) is 9.59 Å². The van der Waals surface area contributed by atoms with Crippen molar-refractivity contribution in [2.24, 2.45) is 0 Å². The van der Waals surface area contributed by atoms with E-state index >= 15 is 0 Å². The SMILES string of the molecule is CCCNNC(=O)c1ccc(-c2ccc(C(=O)OC)cc2)cc1. The Morgan fingerprint density at radius 3 is 1.91 bits per heavy atom. The summed E-state index contributed by atoms with van der Waals surface area (Å²) < 4.78 is 4.67. The minimum atomic E-state index is -0.358. The monoisotopic (exact) mass is 312 g/mol. The first-order chi connectivity index (χ1) is 11.2. The largest absolute Gasteiger partial charge is 0.465 e. The van der Waals surface area contributed by atoms with E-state index in [0.717, 1.165) is 24.1 Å². The molecule has 1 amide bonds. The predicted octanol–water partition coefficient (Wildman–Crippen LogP) is 2.78. The molecule has 23 heavy (non-hydrogen) atoms. The van der Waals surface area contributed by atoms with Gasteiger partial charge in [-0.2, -0.15) is 0 Å². The molecule has 0 aliphatic heterocycles. The molecule has 0 aromatic heterocycles. The van der Waals surface area contributed by atoms with E-state index in [1.165, 1.54) is 7.11 Å². The van der Waals surface area contributed by atoms with Crippen molar-refractivity contribution in [3.8, 4) is 11.1 Å². The van der Waals surface area contributed by atoms with Gasteiger partial charge >= 0.3 is 5.97 Å². The molecule has 2 aromatic carbocycles. The van der Waals surface area contributed by atoms with Gasteiger partial charge in [0.2, 0.25) is 0 Å². The van der Waals surface area contributed by atoms with Crippen LogP contribution in [0.1, 0.15) is 34.1 Å². The zero-order valence-electron chi connectivity index (χ0n) is 13.3. The molecule has 0 fully saturated rings. The Bertz CT molecular complexity index is 664. The van der Waals surface area contributed by atoms with Crippen molar-refractivity contribution in [1.29, 1.82) is 0 Å². The smallest absolute Gasteiger partial charge is 0.337 e. The maximum atomic E-state index is 11.9. The average molecular weight is 312 g/mol. The lowest BCUT2D eigenvalue weighted by molar-refractivity contribution is 0.0600. The fraction of sp³-hybridized carbons (Fsp3) is 0.222. The predicted molar refractivity (Wildman–Crippen MR) is 89.0 cm³/mol. The van der Waals surface area contributed by atoms with Crippen LogP contribution in [0.4, 0.5) is 0 Å². The molecular weight excluding hydrogens is 292 g/mol. The van der Waals surface area contributed by atoms with Crippen LogP contribution in [0.2, 0.25) is 0 Å². The molecule has 0 bridgehead atoms. The molecule has 5 nitrogen and oxygen atoms in total. The molecule has 0 saturated heterocycles. The van der Waals surface area contributed by atoms with E-state index in [-0.39, 0.29) is 11.9 Å². The molecule has 0 atom stereocenters. The lowest BCUT2D eigenvalue weighted by Gasteiger charge is -2.07. The van der Waals surface area contributed by atoms with Crippen molar-refractivity contribution >= 4 is 11.9 Å². The maximum Gasteiger partial charge on any atom is 0.337 e. The standard InChI is InChI=1S/C18H20N2O3/c1-3-12-19-20-17(21)15-8-4-13(5-9-15)14-6-10-16(11-7-14)18(22)23-2/h4-11,19H,3,12H2,1-2H3,(H,20,21). The van der Waals surface area contributed by atoms with Crippen LogP contribution < -0.4 is 10.9 Å². The highest BCUT2D eigenvalue weighted by atomic mass is 16.5. The molecule has 5 heteroatoms. The molecule has 0 spiro atoms. The van der Waals surface area contributed by atoms with Gasteiger partial charge in [0, 0.05) is 12.1 Å². The molecule has 0 radical (unpaired) electrons. The van der Waals surface area contributed by atoms with Gasteiger partial charge in [-0.05, 0) is 41.8 Å². The molecule has 2 N–H and O–H groups in total. The number of hydrogen-bond donors (Lipinski definition) is 2. The molecular formula is C18H20N2O3. The van der Waals surface area contributed by atoms with Crippen LogP contribution in [0.3, 0.4) is 0 Å². The van der Waals surface area contributed by atoms with Gasteiger partial charge in [-0.15, -0.1) is 0 Å². The zero-order valence-corrected chi connectivity index (χ0v) is 13.3. The van der Waals surface area contributed by atoms with Crippen LogP contribution in [-0.2, 0) is 4.74 Å². The summed E-state index contributed by atoms with van der Waals surface area (Å²) in [6.07, 6.45) is 0.945. The fourth-order valence-electron chi connectivity index (χ4n) is 2.07. The summed E-state index contributed by atoms with van der Waals surface area (Å²) in [5, 5.41) is 0. The van der Waals surface area contributed by atoms with Crippen molar-refractivity contribution in [1.82, 2.24) is 10.9 Å². The Balaban J connectivity index is 2.07. The normalized spacial score (nSPS) is 10.2. The molecule has 0 aliphatic rings. The number of esters is 1. The highest BCUT2D eigenvalue weighted by molar-refractivity contribution is 5.94. The molecule has 0 unspecified atom stereocenters. The van der Waals surface area contributed by atoms with Crippen LogP contribution in [-0.4, -0.2) is 25.5 Å². The highest BCUT2D eigenvalue weighted by Crippen LogP contribution is 2.20. The van der Waals surface area contributed by atoms with Gasteiger partial charge < -0.3 is 4.74 Å². The number of carbonyl (C=O) groups is 2. The molecule has 2 rings (SSSR count). The van der Waals surface area contributed by atoms with E-state index in [4.69, 9.17) is 0 Å². The Morgan fingerprint density at radius 2 is 1.43 bits per heavy atom. The van der Waals surface area contributed by atoms with Crippen molar-refractivity contribution in [3.63, 3.8) is 0 Å². The summed E-state index contributed by atoms with van der Waals surface area (Å²) in [6, 6.07) is 14.4. The first-order valence-corrected chi connectivity index (χ1v) is 7.47. The topological polar surface area (TPSA) is 67.4 Å². The summed E-state index contributed by atoms with van der Waals surface area (Å²) in [7, 11) is 1.36. The number of amides is 1. The van der Waals surface area contributed by atoms with Crippen molar-refractivity contribution in [3.05, 3.63) is 59.7 Å². The quantitative estimate of drug-likeness (QED) is 0.489. The third kappa shape index (κ3) is 4.40. The first kappa shape index (κ1) is 16.7. The van der Waals surface area contributed by atoms with Crippen LogP contribution >= 0.6 is 0 Å². The number of nitrogens with one attached hydrogen (secondary N) is 2. The van der Waals surface area contributed by atoms with Gasteiger partial charge in [0.1, 0.15) is 0 Å². The number of benzene rings is 2. The zero-order chi connectivity index (χ0) is 16.7. The van der Waals surface area contributed by atoms with E-state index in [1.807, 2.05) is 31.2 Å². The van der Waals surface area contributed by atoms with Gasteiger partial charge in [0.25, 0.3) is 5.91 Å². The van der Waals surface area contributed by atoms with Gasteiger partial charge in [0.15, 0.2) is 0 Å². The van der Waals surface area contributed by atoms with E-state index in [0.29, 0.717) is 11.1 Å². The Hall–Kier alpha value is -2.66.